The molecule has 1 aromatic heterocycles. The third kappa shape index (κ3) is 6.69. The number of guanidine groups is 1. The molecular formula is C17H21F3IN5OS. The van der Waals surface area contributed by atoms with Gasteiger partial charge in [-0.15, -0.1) is 35.3 Å². The molecule has 1 aromatic carbocycles. The predicted octanol–water partition coefficient (Wildman–Crippen LogP) is 3.34. The van der Waals surface area contributed by atoms with Gasteiger partial charge in [0, 0.05) is 37.8 Å². The van der Waals surface area contributed by atoms with E-state index in [-0.39, 0.29) is 36.3 Å². The molecule has 2 heterocycles. The first-order valence-electron chi connectivity index (χ1n) is 8.38. The Labute approximate surface area is 182 Å². The van der Waals surface area contributed by atoms with Gasteiger partial charge in [-0.25, -0.2) is 9.98 Å². The number of piperazine rings is 1. The molecule has 154 valence electrons. The fourth-order valence-corrected chi connectivity index (χ4v) is 3.37. The maximum atomic E-state index is 12.2. The second-order valence-corrected chi connectivity index (χ2v) is 6.89. The highest BCUT2D eigenvalue weighted by Crippen LogP contribution is 2.20. The van der Waals surface area contributed by atoms with E-state index in [1.807, 2.05) is 10.3 Å². The van der Waals surface area contributed by atoms with Gasteiger partial charge in [-0.3, -0.25) is 0 Å². The molecule has 1 aliphatic heterocycles. The number of anilines is 1. The van der Waals surface area contributed by atoms with E-state index < -0.39 is 12.8 Å². The van der Waals surface area contributed by atoms with E-state index in [2.05, 4.69) is 14.9 Å². The van der Waals surface area contributed by atoms with E-state index in [1.54, 1.807) is 35.7 Å². The van der Waals surface area contributed by atoms with Crippen LogP contribution in [0.2, 0.25) is 0 Å². The molecule has 6 nitrogen and oxygen atoms in total. The Morgan fingerprint density at radius 1 is 1.25 bits per heavy atom. The van der Waals surface area contributed by atoms with E-state index in [0.717, 1.165) is 36.9 Å². The van der Waals surface area contributed by atoms with Crippen molar-refractivity contribution in [2.75, 3.05) is 37.7 Å². The summed E-state index contributed by atoms with van der Waals surface area (Å²) < 4.78 is 41.5. The summed E-state index contributed by atoms with van der Waals surface area (Å²) in [5.74, 6) is 0.589. The topological polar surface area (TPSA) is 67.0 Å². The Hall–Kier alpha value is -1.76. The number of hydrogen-bond donors (Lipinski definition) is 1. The zero-order chi connectivity index (χ0) is 19.3. The molecule has 0 amide bonds. The Morgan fingerprint density at radius 2 is 2.00 bits per heavy atom. The standard InChI is InChI=1S/C17H20F3N5OS.HI/c18-17(19,20)12-26-14-3-1-2-13(10-14)11-23-15(21)24-5-7-25(8-6-24)16-22-4-9-27-16;/h1-4,9-10H,5-8,11-12H2,(H2,21,23);1H. The van der Waals surface area contributed by atoms with E-state index in [9.17, 15) is 13.2 Å². The molecule has 0 bridgehead atoms. The molecule has 1 aliphatic rings. The Bertz CT molecular complexity index is 764. The summed E-state index contributed by atoms with van der Waals surface area (Å²) in [6.07, 6.45) is -2.58. The van der Waals surface area contributed by atoms with Crippen molar-refractivity contribution in [2.24, 2.45) is 10.7 Å². The molecule has 0 aliphatic carbocycles. The molecule has 0 unspecified atom stereocenters. The Kier molecular flexibility index (Phi) is 8.16. The minimum atomic E-state index is -4.36. The smallest absolute Gasteiger partial charge is 0.422 e. The summed E-state index contributed by atoms with van der Waals surface area (Å²) in [6.45, 7) is 2.06. The SMILES string of the molecule is I.NC(=NCc1cccc(OCC(F)(F)F)c1)N1CCN(c2nccs2)CC1. The summed E-state index contributed by atoms with van der Waals surface area (Å²) in [7, 11) is 0. The molecule has 0 spiro atoms. The van der Waals surface area contributed by atoms with Crippen LogP contribution < -0.4 is 15.4 Å². The minimum absolute atomic E-state index is 0. The van der Waals surface area contributed by atoms with Crippen LogP contribution in [0.15, 0.2) is 40.8 Å². The summed E-state index contributed by atoms with van der Waals surface area (Å²) in [5.41, 5.74) is 6.81. The first kappa shape index (κ1) is 22.5. The molecule has 2 aromatic rings. The predicted molar refractivity (Wildman–Crippen MR) is 115 cm³/mol. The van der Waals surface area contributed by atoms with Crippen molar-refractivity contribution in [3.8, 4) is 5.75 Å². The summed E-state index contributed by atoms with van der Waals surface area (Å²) in [4.78, 5) is 12.9. The van der Waals surface area contributed by atoms with Crippen LogP contribution in [0.1, 0.15) is 5.56 Å². The number of rotatable bonds is 5. The second-order valence-electron chi connectivity index (χ2n) is 6.01. The fraction of sp³-hybridized carbons (Fsp3) is 0.412. The molecule has 3 rings (SSSR count). The number of ether oxygens (including phenoxy) is 1. The van der Waals surface area contributed by atoms with Crippen molar-refractivity contribution in [3.63, 3.8) is 0 Å². The molecule has 0 radical (unpaired) electrons. The summed E-state index contributed by atoms with van der Waals surface area (Å²) >= 11 is 1.61. The van der Waals surface area contributed by atoms with Gasteiger partial charge in [-0.1, -0.05) is 12.1 Å². The lowest BCUT2D eigenvalue weighted by molar-refractivity contribution is -0.153. The third-order valence-corrected chi connectivity index (χ3v) is 4.85. The molecule has 0 atom stereocenters. The molecule has 1 saturated heterocycles. The first-order valence-corrected chi connectivity index (χ1v) is 9.26. The molecule has 11 heteroatoms. The largest absolute Gasteiger partial charge is 0.484 e. The summed E-state index contributed by atoms with van der Waals surface area (Å²) in [6, 6.07) is 6.44. The van der Waals surface area contributed by atoms with E-state index in [0.29, 0.717) is 5.96 Å². The van der Waals surface area contributed by atoms with Crippen molar-refractivity contribution < 1.29 is 17.9 Å². The van der Waals surface area contributed by atoms with Gasteiger partial charge < -0.3 is 20.3 Å². The molecule has 0 saturated carbocycles. The van der Waals surface area contributed by atoms with Crippen LogP contribution in [0.4, 0.5) is 18.3 Å². The minimum Gasteiger partial charge on any atom is -0.484 e. The van der Waals surface area contributed by atoms with Crippen molar-refractivity contribution >= 4 is 46.4 Å². The van der Waals surface area contributed by atoms with Crippen LogP contribution in [0.25, 0.3) is 0 Å². The number of aliphatic imine (C=N–C) groups is 1. The monoisotopic (exact) mass is 527 g/mol. The lowest BCUT2D eigenvalue weighted by Crippen LogP contribution is -2.51. The number of halogens is 4. The zero-order valence-electron chi connectivity index (χ0n) is 14.9. The number of benzene rings is 1. The highest BCUT2D eigenvalue weighted by Gasteiger charge is 2.28. The van der Waals surface area contributed by atoms with Gasteiger partial charge >= 0.3 is 6.18 Å². The normalized spacial score (nSPS) is 15.3. The van der Waals surface area contributed by atoms with E-state index in [4.69, 9.17) is 10.5 Å². The average Bonchev–Trinajstić information content (AvgIpc) is 3.19. The maximum Gasteiger partial charge on any atom is 0.422 e. The fourth-order valence-electron chi connectivity index (χ4n) is 2.67. The number of nitrogens with zero attached hydrogens (tertiary/aromatic N) is 4. The van der Waals surface area contributed by atoms with Crippen LogP contribution in [-0.2, 0) is 6.54 Å². The van der Waals surface area contributed by atoms with Crippen molar-refractivity contribution in [3.05, 3.63) is 41.4 Å². The van der Waals surface area contributed by atoms with Gasteiger partial charge in [-0.2, -0.15) is 13.2 Å². The van der Waals surface area contributed by atoms with Gasteiger partial charge in [0.15, 0.2) is 17.7 Å². The summed E-state index contributed by atoms with van der Waals surface area (Å²) in [5, 5.41) is 2.95. The number of alkyl halides is 3. The van der Waals surface area contributed by atoms with Gasteiger partial charge in [-0.05, 0) is 17.7 Å². The quantitative estimate of drug-likeness (QED) is 0.367. The molecule has 1 fully saturated rings. The molecular weight excluding hydrogens is 506 g/mol. The Balaban J connectivity index is 0.00000280. The number of aromatic nitrogens is 1. The van der Waals surface area contributed by atoms with Gasteiger partial charge in [0.05, 0.1) is 6.54 Å². The zero-order valence-corrected chi connectivity index (χ0v) is 18.1. The van der Waals surface area contributed by atoms with Crippen molar-refractivity contribution in [1.29, 1.82) is 0 Å². The third-order valence-electron chi connectivity index (χ3n) is 4.02. The van der Waals surface area contributed by atoms with Crippen LogP contribution in [0.5, 0.6) is 5.75 Å². The highest BCUT2D eigenvalue weighted by atomic mass is 127. The lowest BCUT2D eigenvalue weighted by atomic mass is 10.2. The van der Waals surface area contributed by atoms with Crippen LogP contribution in [-0.4, -0.2) is 54.8 Å². The van der Waals surface area contributed by atoms with Crippen LogP contribution in [0.3, 0.4) is 0 Å². The Morgan fingerprint density at radius 3 is 2.64 bits per heavy atom. The maximum absolute atomic E-state index is 12.2. The number of nitrogens with two attached hydrogens (primary N) is 1. The van der Waals surface area contributed by atoms with Crippen molar-refractivity contribution in [1.82, 2.24) is 9.88 Å². The number of hydrogen-bond acceptors (Lipinski definition) is 5. The van der Waals surface area contributed by atoms with Gasteiger partial charge in [0.1, 0.15) is 5.75 Å². The second kappa shape index (κ2) is 10.1. The molecule has 2 N–H and O–H groups in total. The lowest BCUT2D eigenvalue weighted by Gasteiger charge is -2.35. The van der Waals surface area contributed by atoms with Crippen LogP contribution >= 0.6 is 35.3 Å². The average molecular weight is 527 g/mol. The first-order chi connectivity index (χ1) is 12.9. The van der Waals surface area contributed by atoms with Gasteiger partial charge in [0.2, 0.25) is 0 Å². The highest BCUT2D eigenvalue weighted by molar-refractivity contribution is 14.0. The van der Waals surface area contributed by atoms with Crippen molar-refractivity contribution in [2.45, 2.75) is 12.7 Å². The van der Waals surface area contributed by atoms with E-state index >= 15 is 0 Å². The molecule has 28 heavy (non-hydrogen) atoms. The van der Waals surface area contributed by atoms with E-state index in [1.165, 1.54) is 6.07 Å². The van der Waals surface area contributed by atoms with Gasteiger partial charge in [0.25, 0.3) is 0 Å². The number of thiazole rings is 1. The van der Waals surface area contributed by atoms with Crippen LogP contribution in [0, 0.1) is 0 Å².